The van der Waals surface area contributed by atoms with Gasteiger partial charge in [-0.15, -0.1) is 0 Å². The normalized spacial score (nSPS) is 11.0. The average Bonchev–Trinajstić information content (AvgIpc) is 2.68. The summed E-state index contributed by atoms with van der Waals surface area (Å²) >= 11 is 3.48. The zero-order valence-corrected chi connectivity index (χ0v) is 18.4. The molecule has 0 radical (unpaired) electrons. The topological polar surface area (TPSA) is 80.6 Å². The molecule has 0 bridgehead atoms. The molecule has 0 saturated heterocycles. The van der Waals surface area contributed by atoms with Crippen LogP contribution in [0.3, 0.4) is 0 Å². The number of carbonyl (C=O) groups excluding carboxylic acids is 1. The molecule has 0 aliphatic rings. The summed E-state index contributed by atoms with van der Waals surface area (Å²) in [7, 11) is 1.54. The summed E-state index contributed by atoms with van der Waals surface area (Å²) in [5.74, 6) is 1.21. The van der Waals surface area contributed by atoms with E-state index in [9.17, 15) is 10.1 Å². The van der Waals surface area contributed by atoms with Crippen molar-refractivity contribution in [2.45, 2.75) is 26.9 Å². The van der Waals surface area contributed by atoms with E-state index in [0.29, 0.717) is 39.6 Å². The number of anilines is 1. The first-order valence-corrected chi connectivity index (χ1v) is 9.87. The minimum Gasteiger partial charge on any atom is -0.497 e. The quantitative estimate of drug-likeness (QED) is 0.434. The first kappa shape index (κ1) is 22.3. The van der Waals surface area contributed by atoms with Crippen molar-refractivity contribution in [1.82, 2.24) is 0 Å². The van der Waals surface area contributed by atoms with Crippen molar-refractivity contribution < 1.29 is 19.0 Å². The van der Waals surface area contributed by atoms with Gasteiger partial charge in [0.05, 0.1) is 24.3 Å². The maximum Gasteiger partial charge on any atom is 0.266 e. The van der Waals surface area contributed by atoms with Crippen LogP contribution in [0.4, 0.5) is 5.69 Å². The summed E-state index contributed by atoms with van der Waals surface area (Å²) in [6.45, 7) is 6.17. The van der Waals surface area contributed by atoms with E-state index in [1.54, 1.807) is 43.5 Å². The van der Waals surface area contributed by atoms with Gasteiger partial charge in [-0.3, -0.25) is 4.79 Å². The van der Waals surface area contributed by atoms with Gasteiger partial charge in [-0.05, 0) is 72.6 Å². The van der Waals surface area contributed by atoms with Gasteiger partial charge in [0.2, 0.25) is 0 Å². The molecule has 0 aromatic heterocycles. The van der Waals surface area contributed by atoms with Crippen molar-refractivity contribution in [1.29, 1.82) is 5.26 Å². The fourth-order valence-corrected chi connectivity index (χ4v) is 3.05. The SMILES string of the molecule is CCOc1cc(/C=C(\C#N)C(=O)Nc2cccc(OC)c2)cc(Br)c1OC(C)C. The first-order chi connectivity index (χ1) is 13.9. The van der Waals surface area contributed by atoms with Crippen molar-refractivity contribution in [3.05, 3.63) is 52.0 Å². The van der Waals surface area contributed by atoms with E-state index in [1.165, 1.54) is 6.08 Å². The highest BCUT2D eigenvalue weighted by Gasteiger charge is 2.15. The van der Waals surface area contributed by atoms with Crippen LogP contribution >= 0.6 is 15.9 Å². The molecule has 2 aromatic rings. The molecule has 7 heteroatoms. The minimum atomic E-state index is -0.516. The van der Waals surface area contributed by atoms with E-state index in [4.69, 9.17) is 14.2 Å². The van der Waals surface area contributed by atoms with Gasteiger partial charge < -0.3 is 19.5 Å². The maximum absolute atomic E-state index is 12.5. The second kappa shape index (κ2) is 10.5. The third kappa shape index (κ3) is 6.26. The number of benzene rings is 2. The first-order valence-electron chi connectivity index (χ1n) is 9.08. The van der Waals surface area contributed by atoms with Crippen molar-refractivity contribution >= 4 is 33.6 Å². The van der Waals surface area contributed by atoms with E-state index >= 15 is 0 Å². The Morgan fingerprint density at radius 2 is 2.07 bits per heavy atom. The molecule has 0 unspecified atom stereocenters. The zero-order chi connectivity index (χ0) is 21.4. The molecule has 1 amide bonds. The number of nitrogens with zero attached hydrogens (tertiary/aromatic N) is 1. The predicted molar refractivity (Wildman–Crippen MR) is 116 cm³/mol. The van der Waals surface area contributed by atoms with Gasteiger partial charge in [0.15, 0.2) is 11.5 Å². The van der Waals surface area contributed by atoms with Gasteiger partial charge in [-0.1, -0.05) is 6.07 Å². The van der Waals surface area contributed by atoms with Crippen molar-refractivity contribution in [3.8, 4) is 23.3 Å². The molecular formula is C22H23BrN2O4. The number of nitrogens with one attached hydrogen (secondary N) is 1. The van der Waals surface area contributed by atoms with Gasteiger partial charge in [0.1, 0.15) is 17.4 Å². The number of ether oxygens (including phenoxy) is 3. The molecular weight excluding hydrogens is 436 g/mol. The number of nitriles is 1. The van der Waals surface area contributed by atoms with Gasteiger partial charge in [-0.25, -0.2) is 0 Å². The molecule has 0 aliphatic carbocycles. The molecule has 2 rings (SSSR count). The van der Waals surface area contributed by atoms with Gasteiger partial charge >= 0.3 is 0 Å². The van der Waals surface area contributed by atoms with E-state index in [1.807, 2.05) is 26.8 Å². The Balaban J connectivity index is 2.33. The molecule has 0 heterocycles. The van der Waals surface area contributed by atoms with Crippen LogP contribution in [0.15, 0.2) is 46.4 Å². The monoisotopic (exact) mass is 458 g/mol. The van der Waals surface area contributed by atoms with Crippen molar-refractivity contribution in [2.75, 3.05) is 19.0 Å². The van der Waals surface area contributed by atoms with Crippen LogP contribution in [0.5, 0.6) is 17.2 Å². The summed E-state index contributed by atoms with van der Waals surface area (Å²) in [6, 6.07) is 12.4. The lowest BCUT2D eigenvalue weighted by Gasteiger charge is -2.17. The highest BCUT2D eigenvalue weighted by Crippen LogP contribution is 2.38. The predicted octanol–water partition coefficient (Wildman–Crippen LogP) is 5.19. The average molecular weight is 459 g/mol. The molecule has 1 N–H and O–H groups in total. The minimum absolute atomic E-state index is 0.0322. The fourth-order valence-electron chi connectivity index (χ4n) is 2.50. The van der Waals surface area contributed by atoms with E-state index in [-0.39, 0.29) is 11.7 Å². The second-order valence-electron chi connectivity index (χ2n) is 6.29. The molecule has 0 saturated carbocycles. The number of amides is 1. The number of halogens is 1. The maximum atomic E-state index is 12.5. The number of hydrogen-bond donors (Lipinski definition) is 1. The Labute approximate surface area is 179 Å². The Bertz CT molecular complexity index is 948. The third-order valence-electron chi connectivity index (χ3n) is 3.69. The van der Waals surface area contributed by atoms with Crippen LogP contribution < -0.4 is 19.5 Å². The molecule has 152 valence electrons. The van der Waals surface area contributed by atoms with Gasteiger partial charge in [0.25, 0.3) is 5.91 Å². The van der Waals surface area contributed by atoms with Crippen molar-refractivity contribution in [3.63, 3.8) is 0 Å². The smallest absolute Gasteiger partial charge is 0.266 e. The summed E-state index contributed by atoms with van der Waals surface area (Å²) in [4.78, 5) is 12.5. The van der Waals surface area contributed by atoms with Crippen LogP contribution in [0.2, 0.25) is 0 Å². The number of rotatable bonds is 8. The molecule has 0 aliphatic heterocycles. The van der Waals surface area contributed by atoms with Crippen LogP contribution in [0, 0.1) is 11.3 Å². The van der Waals surface area contributed by atoms with Crippen LogP contribution in [0.1, 0.15) is 26.3 Å². The van der Waals surface area contributed by atoms with Crippen molar-refractivity contribution in [2.24, 2.45) is 0 Å². The summed E-state index contributed by atoms with van der Waals surface area (Å²) in [6.07, 6.45) is 1.47. The van der Waals surface area contributed by atoms with E-state index in [0.717, 1.165) is 0 Å². The number of methoxy groups -OCH3 is 1. The number of hydrogen-bond acceptors (Lipinski definition) is 5. The molecule has 0 spiro atoms. The van der Waals surface area contributed by atoms with Gasteiger partial charge in [0, 0.05) is 11.8 Å². The lowest BCUT2D eigenvalue weighted by atomic mass is 10.1. The fraction of sp³-hybridized carbons (Fsp3) is 0.273. The van der Waals surface area contributed by atoms with Crippen LogP contribution in [0.25, 0.3) is 6.08 Å². The highest BCUT2D eigenvalue weighted by atomic mass is 79.9. The summed E-state index contributed by atoms with van der Waals surface area (Å²) in [5.41, 5.74) is 1.13. The Kier molecular flexibility index (Phi) is 8.10. The molecule has 29 heavy (non-hydrogen) atoms. The molecule has 0 fully saturated rings. The Hall–Kier alpha value is -2.98. The Morgan fingerprint density at radius 3 is 2.69 bits per heavy atom. The third-order valence-corrected chi connectivity index (χ3v) is 4.28. The number of carbonyl (C=O) groups is 1. The standard InChI is InChI=1S/C22H23BrN2O4/c1-5-28-20-11-15(10-19(23)21(20)29-14(2)3)9-16(13-24)22(26)25-17-7-6-8-18(12-17)27-4/h6-12,14H,5H2,1-4H3,(H,25,26)/b16-9+. The largest absolute Gasteiger partial charge is 0.497 e. The van der Waals surface area contributed by atoms with Crippen LogP contribution in [-0.4, -0.2) is 25.7 Å². The second-order valence-corrected chi connectivity index (χ2v) is 7.14. The van der Waals surface area contributed by atoms with E-state index in [2.05, 4.69) is 21.2 Å². The molecule has 0 atom stereocenters. The summed E-state index contributed by atoms with van der Waals surface area (Å²) in [5, 5.41) is 12.2. The van der Waals surface area contributed by atoms with E-state index < -0.39 is 5.91 Å². The zero-order valence-electron chi connectivity index (χ0n) is 16.8. The highest BCUT2D eigenvalue weighted by molar-refractivity contribution is 9.10. The molecule has 6 nitrogen and oxygen atoms in total. The lowest BCUT2D eigenvalue weighted by Crippen LogP contribution is -2.13. The Morgan fingerprint density at radius 1 is 1.31 bits per heavy atom. The lowest BCUT2D eigenvalue weighted by molar-refractivity contribution is -0.112. The summed E-state index contributed by atoms with van der Waals surface area (Å²) < 4.78 is 17.3. The van der Waals surface area contributed by atoms with Gasteiger partial charge in [-0.2, -0.15) is 5.26 Å². The van der Waals surface area contributed by atoms with Crippen LogP contribution in [-0.2, 0) is 4.79 Å². The molecule has 2 aromatic carbocycles.